The van der Waals surface area contributed by atoms with Crippen LogP contribution in [0, 0.1) is 0 Å². The van der Waals surface area contributed by atoms with Crippen molar-refractivity contribution in [1.29, 1.82) is 0 Å². The van der Waals surface area contributed by atoms with Gasteiger partial charge in [0.15, 0.2) is 0 Å². The molecule has 4 rings (SSSR count). The molecule has 1 aliphatic rings. The minimum absolute atomic E-state index is 0.959. The maximum Gasteiger partial charge on any atom is 0.116 e. The van der Waals surface area contributed by atoms with E-state index in [2.05, 4.69) is 57.4 Å². The summed E-state index contributed by atoms with van der Waals surface area (Å²) >= 11 is 0. The van der Waals surface area contributed by atoms with Gasteiger partial charge in [-0.2, -0.15) is 0 Å². The van der Waals surface area contributed by atoms with E-state index in [9.17, 15) is 0 Å². The van der Waals surface area contributed by atoms with E-state index in [4.69, 9.17) is 0 Å². The Bertz CT molecular complexity index is 841. The van der Waals surface area contributed by atoms with Crippen molar-refractivity contribution in [1.82, 2.24) is 9.97 Å². The molecule has 0 atom stereocenters. The normalized spacial score (nSPS) is 15.2. The van der Waals surface area contributed by atoms with Crippen LogP contribution in [0.3, 0.4) is 0 Å². The van der Waals surface area contributed by atoms with Gasteiger partial charge in [0.05, 0.1) is 11.2 Å². The number of aromatic nitrogens is 2. The van der Waals surface area contributed by atoms with Crippen molar-refractivity contribution in [3.8, 4) is 0 Å². The molecule has 2 heterocycles. The minimum Gasteiger partial charge on any atom is -0.372 e. The lowest BCUT2D eigenvalue weighted by Gasteiger charge is -2.28. The fourth-order valence-corrected chi connectivity index (χ4v) is 3.28. The zero-order chi connectivity index (χ0) is 16.2. The summed E-state index contributed by atoms with van der Waals surface area (Å²) in [6, 6.07) is 16.9. The fraction of sp³-hybridized carbons (Fsp3) is 0.238. The van der Waals surface area contributed by atoms with Gasteiger partial charge in [0.25, 0.3) is 0 Å². The van der Waals surface area contributed by atoms with E-state index in [1.807, 2.05) is 18.2 Å². The van der Waals surface area contributed by atoms with Gasteiger partial charge in [-0.3, -0.25) is 0 Å². The lowest BCUT2D eigenvalue weighted by atomic mass is 10.1. The van der Waals surface area contributed by atoms with Gasteiger partial charge in [-0.05, 0) is 49.1 Å². The van der Waals surface area contributed by atoms with Crippen molar-refractivity contribution in [3.05, 3.63) is 66.1 Å². The Balaban J connectivity index is 1.55. The van der Waals surface area contributed by atoms with Gasteiger partial charge in [0.2, 0.25) is 0 Å². The highest BCUT2D eigenvalue weighted by Crippen LogP contribution is 2.21. The molecule has 0 bridgehead atoms. The van der Waals surface area contributed by atoms with Crippen LogP contribution in [0.25, 0.3) is 23.1 Å². The van der Waals surface area contributed by atoms with E-state index in [-0.39, 0.29) is 0 Å². The molecule has 3 nitrogen and oxygen atoms in total. The first-order valence-electron chi connectivity index (χ1n) is 8.63. The average molecular weight is 315 g/mol. The SMILES string of the molecule is C(=C\c1ncnc2ccccc12)/c1ccc(N2CCCCC2)cc1. The van der Waals surface area contributed by atoms with Crippen LogP contribution in [0.1, 0.15) is 30.5 Å². The summed E-state index contributed by atoms with van der Waals surface area (Å²) in [5.41, 5.74) is 4.46. The molecule has 2 aromatic carbocycles. The second-order valence-electron chi connectivity index (χ2n) is 6.25. The average Bonchev–Trinajstić information content (AvgIpc) is 2.67. The predicted octanol–water partition coefficient (Wildman–Crippen LogP) is 4.79. The number of hydrogen-bond donors (Lipinski definition) is 0. The smallest absolute Gasteiger partial charge is 0.116 e. The van der Waals surface area contributed by atoms with E-state index in [1.54, 1.807) is 6.33 Å². The van der Waals surface area contributed by atoms with E-state index < -0.39 is 0 Å². The van der Waals surface area contributed by atoms with Gasteiger partial charge < -0.3 is 4.90 Å². The summed E-state index contributed by atoms with van der Waals surface area (Å²) in [6.45, 7) is 2.37. The number of benzene rings is 2. The molecule has 0 saturated carbocycles. The maximum absolute atomic E-state index is 4.41. The highest BCUT2D eigenvalue weighted by molar-refractivity contribution is 5.88. The highest BCUT2D eigenvalue weighted by atomic mass is 15.1. The Kier molecular flexibility index (Phi) is 4.24. The first-order valence-corrected chi connectivity index (χ1v) is 8.63. The molecule has 120 valence electrons. The number of fused-ring (bicyclic) bond motifs is 1. The highest BCUT2D eigenvalue weighted by Gasteiger charge is 2.10. The van der Waals surface area contributed by atoms with E-state index in [0.29, 0.717) is 0 Å². The van der Waals surface area contributed by atoms with E-state index in [0.717, 1.165) is 16.6 Å². The topological polar surface area (TPSA) is 29.0 Å². The van der Waals surface area contributed by atoms with Gasteiger partial charge in [0.1, 0.15) is 6.33 Å². The van der Waals surface area contributed by atoms with Crippen LogP contribution in [0.15, 0.2) is 54.9 Å². The quantitative estimate of drug-likeness (QED) is 0.696. The third kappa shape index (κ3) is 3.16. The number of para-hydroxylation sites is 1. The van der Waals surface area contributed by atoms with Crippen molar-refractivity contribution in [2.24, 2.45) is 0 Å². The Labute approximate surface area is 142 Å². The summed E-state index contributed by atoms with van der Waals surface area (Å²) in [7, 11) is 0. The van der Waals surface area contributed by atoms with Crippen LogP contribution in [0.2, 0.25) is 0 Å². The molecule has 1 saturated heterocycles. The Hall–Kier alpha value is -2.68. The predicted molar refractivity (Wildman–Crippen MR) is 101 cm³/mol. The Morgan fingerprint density at radius 3 is 2.42 bits per heavy atom. The Morgan fingerprint density at radius 2 is 1.58 bits per heavy atom. The van der Waals surface area contributed by atoms with Crippen LogP contribution in [0.4, 0.5) is 5.69 Å². The number of anilines is 1. The summed E-state index contributed by atoms with van der Waals surface area (Å²) in [5, 5.41) is 1.08. The van der Waals surface area contributed by atoms with Crippen molar-refractivity contribution >= 4 is 28.7 Å². The largest absolute Gasteiger partial charge is 0.372 e. The summed E-state index contributed by atoms with van der Waals surface area (Å²) in [6.07, 6.45) is 9.80. The first-order chi connectivity index (χ1) is 11.9. The molecule has 1 aromatic heterocycles. The number of piperidine rings is 1. The fourth-order valence-electron chi connectivity index (χ4n) is 3.28. The third-order valence-corrected chi connectivity index (χ3v) is 4.62. The molecule has 0 aliphatic carbocycles. The lowest BCUT2D eigenvalue weighted by molar-refractivity contribution is 0.578. The van der Waals surface area contributed by atoms with Crippen LogP contribution in [-0.4, -0.2) is 23.1 Å². The van der Waals surface area contributed by atoms with Gasteiger partial charge in [-0.15, -0.1) is 0 Å². The van der Waals surface area contributed by atoms with Crippen LogP contribution >= 0.6 is 0 Å². The zero-order valence-electron chi connectivity index (χ0n) is 13.7. The molecule has 24 heavy (non-hydrogen) atoms. The molecule has 3 heteroatoms. The van der Waals surface area contributed by atoms with E-state index >= 15 is 0 Å². The monoisotopic (exact) mass is 315 g/mol. The summed E-state index contributed by atoms with van der Waals surface area (Å²) in [4.78, 5) is 11.2. The van der Waals surface area contributed by atoms with Gasteiger partial charge in [0, 0.05) is 24.2 Å². The molecular formula is C21H21N3. The number of rotatable bonds is 3. The van der Waals surface area contributed by atoms with Crippen molar-refractivity contribution < 1.29 is 0 Å². The first kappa shape index (κ1) is 14.9. The standard InChI is InChI=1S/C21H21N3/c1-4-14-24(15-5-1)18-11-8-17(9-12-18)10-13-21-19-6-2-3-7-20(19)22-16-23-21/h2-3,6-13,16H,1,4-5,14-15H2/b13-10+. The summed E-state index contributed by atoms with van der Waals surface area (Å²) < 4.78 is 0. The number of hydrogen-bond acceptors (Lipinski definition) is 3. The minimum atomic E-state index is 0.959. The molecule has 0 amide bonds. The molecule has 3 aromatic rings. The third-order valence-electron chi connectivity index (χ3n) is 4.62. The van der Waals surface area contributed by atoms with Crippen molar-refractivity contribution in [2.75, 3.05) is 18.0 Å². The second-order valence-corrected chi connectivity index (χ2v) is 6.25. The zero-order valence-corrected chi connectivity index (χ0v) is 13.7. The molecule has 0 N–H and O–H groups in total. The van der Waals surface area contributed by atoms with Crippen LogP contribution < -0.4 is 4.90 Å². The summed E-state index contributed by atoms with van der Waals surface area (Å²) in [5.74, 6) is 0. The number of nitrogens with zero attached hydrogens (tertiary/aromatic N) is 3. The molecular weight excluding hydrogens is 294 g/mol. The van der Waals surface area contributed by atoms with E-state index in [1.165, 1.54) is 43.6 Å². The molecule has 0 unspecified atom stereocenters. The Morgan fingerprint density at radius 1 is 0.792 bits per heavy atom. The molecule has 1 fully saturated rings. The molecule has 0 spiro atoms. The molecule has 1 aliphatic heterocycles. The van der Waals surface area contributed by atoms with Crippen LogP contribution in [-0.2, 0) is 0 Å². The maximum atomic E-state index is 4.41. The van der Waals surface area contributed by atoms with Crippen LogP contribution in [0.5, 0.6) is 0 Å². The van der Waals surface area contributed by atoms with Gasteiger partial charge in [-0.1, -0.05) is 36.4 Å². The second kappa shape index (κ2) is 6.83. The lowest BCUT2D eigenvalue weighted by Crippen LogP contribution is -2.29. The van der Waals surface area contributed by atoms with Crippen molar-refractivity contribution in [2.45, 2.75) is 19.3 Å². The molecule has 0 radical (unpaired) electrons. The van der Waals surface area contributed by atoms with Gasteiger partial charge in [-0.25, -0.2) is 9.97 Å². The van der Waals surface area contributed by atoms with Crippen molar-refractivity contribution in [3.63, 3.8) is 0 Å². The van der Waals surface area contributed by atoms with Gasteiger partial charge >= 0.3 is 0 Å².